The molecule has 120 valence electrons. The van der Waals surface area contributed by atoms with Gasteiger partial charge in [0.05, 0.1) is 22.7 Å². The van der Waals surface area contributed by atoms with Crippen molar-refractivity contribution in [1.29, 1.82) is 5.26 Å². The van der Waals surface area contributed by atoms with Crippen LogP contribution in [-0.2, 0) is 0 Å². The molecule has 0 amide bonds. The number of aromatic nitrogens is 3. The monoisotopic (exact) mass is 319 g/mol. The molecule has 0 radical (unpaired) electrons. The van der Waals surface area contributed by atoms with Gasteiger partial charge < -0.3 is 10.0 Å². The molecule has 1 aromatic carbocycles. The quantitative estimate of drug-likeness (QED) is 0.784. The van der Waals surface area contributed by atoms with E-state index in [0.717, 1.165) is 36.4 Å². The summed E-state index contributed by atoms with van der Waals surface area (Å²) >= 11 is 0. The van der Waals surface area contributed by atoms with E-state index in [9.17, 15) is 10.4 Å². The fourth-order valence-electron chi connectivity index (χ4n) is 3.23. The zero-order valence-corrected chi connectivity index (χ0v) is 13.1. The van der Waals surface area contributed by atoms with E-state index in [1.54, 1.807) is 18.3 Å². The van der Waals surface area contributed by atoms with Gasteiger partial charge in [-0.25, -0.2) is 9.97 Å². The molecule has 3 heterocycles. The van der Waals surface area contributed by atoms with Gasteiger partial charge in [0.1, 0.15) is 6.07 Å². The maximum absolute atomic E-state index is 10.0. The smallest absolute Gasteiger partial charge is 0.212 e. The first-order chi connectivity index (χ1) is 11.8. The summed E-state index contributed by atoms with van der Waals surface area (Å²) in [5.41, 5.74) is 2.25. The topological polar surface area (TPSA) is 78.0 Å². The van der Waals surface area contributed by atoms with Crippen molar-refractivity contribution in [2.45, 2.75) is 18.9 Å². The fourth-order valence-corrected chi connectivity index (χ4v) is 3.23. The van der Waals surface area contributed by atoms with Gasteiger partial charge in [-0.2, -0.15) is 5.26 Å². The Hall–Kier alpha value is -2.91. The first-order valence-electron chi connectivity index (χ1n) is 8.04. The predicted molar refractivity (Wildman–Crippen MR) is 91.0 cm³/mol. The van der Waals surface area contributed by atoms with E-state index >= 15 is 0 Å². The average Bonchev–Trinajstić information content (AvgIpc) is 3.01. The standard InChI is InChI=1S/C18H17N5O/c19-11-13-5-3-9-20-17(13)23-16-8-2-1-7-15(16)21-18(23)22-10-4-6-14(24)12-22/h1-3,5,7-9,14,24H,4,6,10,12H2/t14-/m0/s1. The summed E-state index contributed by atoms with van der Waals surface area (Å²) in [5, 5.41) is 19.5. The number of aliphatic hydroxyl groups excluding tert-OH is 1. The molecule has 1 saturated heterocycles. The molecule has 1 aliphatic heterocycles. The fraction of sp³-hybridized carbons (Fsp3) is 0.278. The van der Waals surface area contributed by atoms with E-state index in [1.165, 1.54) is 0 Å². The van der Waals surface area contributed by atoms with E-state index in [1.807, 2.05) is 28.8 Å². The SMILES string of the molecule is N#Cc1cccnc1-n1c(N2CCC[C@H](O)C2)nc2ccccc21. The number of nitriles is 1. The highest BCUT2D eigenvalue weighted by atomic mass is 16.3. The van der Waals surface area contributed by atoms with E-state index in [-0.39, 0.29) is 6.10 Å². The van der Waals surface area contributed by atoms with Crippen LogP contribution in [0.1, 0.15) is 18.4 Å². The number of benzene rings is 1. The molecule has 1 atom stereocenters. The number of fused-ring (bicyclic) bond motifs is 1. The van der Waals surface area contributed by atoms with Crippen LogP contribution in [0, 0.1) is 11.3 Å². The lowest BCUT2D eigenvalue weighted by molar-refractivity contribution is 0.153. The second-order valence-corrected chi connectivity index (χ2v) is 5.96. The van der Waals surface area contributed by atoms with Crippen LogP contribution in [0.15, 0.2) is 42.6 Å². The van der Waals surface area contributed by atoms with Crippen LogP contribution in [0.25, 0.3) is 16.9 Å². The van der Waals surface area contributed by atoms with Gasteiger partial charge in [0.15, 0.2) is 5.82 Å². The first kappa shape index (κ1) is 14.7. The summed E-state index contributed by atoms with van der Waals surface area (Å²) in [6, 6.07) is 13.5. The van der Waals surface area contributed by atoms with Gasteiger partial charge in [0.25, 0.3) is 0 Å². The van der Waals surface area contributed by atoms with Crippen molar-refractivity contribution in [2.75, 3.05) is 18.0 Å². The Labute approximate surface area is 139 Å². The van der Waals surface area contributed by atoms with Crippen LogP contribution in [0.3, 0.4) is 0 Å². The average molecular weight is 319 g/mol. The lowest BCUT2D eigenvalue weighted by atomic mass is 10.1. The van der Waals surface area contributed by atoms with Crippen LogP contribution < -0.4 is 4.90 Å². The third-order valence-corrected chi connectivity index (χ3v) is 4.34. The number of aliphatic hydroxyl groups is 1. The van der Waals surface area contributed by atoms with Crippen molar-refractivity contribution in [3.8, 4) is 11.9 Å². The number of imidazole rings is 1. The lowest BCUT2D eigenvalue weighted by Crippen LogP contribution is -2.39. The summed E-state index contributed by atoms with van der Waals surface area (Å²) in [7, 11) is 0. The van der Waals surface area contributed by atoms with E-state index in [4.69, 9.17) is 4.98 Å². The van der Waals surface area contributed by atoms with Crippen molar-refractivity contribution in [1.82, 2.24) is 14.5 Å². The van der Waals surface area contributed by atoms with Gasteiger partial charge >= 0.3 is 0 Å². The van der Waals surface area contributed by atoms with Crippen molar-refractivity contribution in [3.63, 3.8) is 0 Å². The van der Waals surface area contributed by atoms with E-state index in [0.29, 0.717) is 17.9 Å². The first-order valence-corrected chi connectivity index (χ1v) is 8.04. The number of nitrogens with zero attached hydrogens (tertiary/aromatic N) is 5. The molecule has 0 saturated carbocycles. The summed E-state index contributed by atoms with van der Waals surface area (Å²) in [6.45, 7) is 1.37. The van der Waals surface area contributed by atoms with Gasteiger partial charge in [-0.05, 0) is 37.1 Å². The van der Waals surface area contributed by atoms with Crippen LogP contribution in [0.2, 0.25) is 0 Å². The molecule has 24 heavy (non-hydrogen) atoms. The molecule has 0 spiro atoms. The zero-order valence-electron chi connectivity index (χ0n) is 13.1. The molecule has 4 rings (SSSR count). The molecule has 1 fully saturated rings. The Morgan fingerprint density at radius 1 is 1.21 bits per heavy atom. The van der Waals surface area contributed by atoms with Crippen LogP contribution in [-0.4, -0.2) is 38.8 Å². The maximum Gasteiger partial charge on any atom is 0.212 e. The minimum Gasteiger partial charge on any atom is -0.391 e. The highest BCUT2D eigenvalue weighted by Crippen LogP contribution is 2.29. The van der Waals surface area contributed by atoms with Gasteiger partial charge in [0.2, 0.25) is 5.95 Å². The number of piperidine rings is 1. The Kier molecular flexibility index (Phi) is 3.63. The Bertz CT molecular complexity index is 927. The van der Waals surface area contributed by atoms with Crippen molar-refractivity contribution < 1.29 is 5.11 Å². The number of hydrogen-bond acceptors (Lipinski definition) is 5. The van der Waals surface area contributed by atoms with E-state index in [2.05, 4.69) is 16.0 Å². The molecular formula is C18H17N5O. The zero-order chi connectivity index (χ0) is 16.5. The summed E-state index contributed by atoms with van der Waals surface area (Å²) in [4.78, 5) is 11.3. The Balaban J connectivity index is 1.96. The summed E-state index contributed by atoms with van der Waals surface area (Å²) < 4.78 is 1.92. The Morgan fingerprint density at radius 3 is 2.92 bits per heavy atom. The minimum atomic E-state index is -0.355. The van der Waals surface area contributed by atoms with E-state index < -0.39 is 0 Å². The number of anilines is 1. The summed E-state index contributed by atoms with van der Waals surface area (Å²) in [5.74, 6) is 1.30. The largest absolute Gasteiger partial charge is 0.391 e. The lowest BCUT2D eigenvalue weighted by Gasteiger charge is -2.31. The molecule has 2 aromatic heterocycles. The number of pyridine rings is 1. The second kappa shape index (κ2) is 5.95. The minimum absolute atomic E-state index is 0.355. The van der Waals surface area contributed by atoms with Crippen molar-refractivity contribution >= 4 is 17.0 Å². The van der Waals surface area contributed by atoms with Crippen LogP contribution >= 0.6 is 0 Å². The van der Waals surface area contributed by atoms with Gasteiger partial charge in [0, 0.05) is 19.3 Å². The summed E-state index contributed by atoms with van der Waals surface area (Å²) in [6.07, 6.45) is 3.05. The third kappa shape index (κ3) is 2.39. The second-order valence-electron chi connectivity index (χ2n) is 5.96. The highest BCUT2D eigenvalue weighted by Gasteiger charge is 2.25. The maximum atomic E-state index is 10.0. The molecule has 1 aliphatic rings. The normalized spacial score (nSPS) is 17.8. The molecule has 0 bridgehead atoms. The highest BCUT2D eigenvalue weighted by molar-refractivity contribution is 5.81. The molecule has 0 unspecified atom stereocenters. The molecular weight excluding hydrogens is 302 g/mol. The molecule has 0 aliphatic carbocycles. The van der Waals surface area contributed by atoms with Crippen LogP contribution in [0.4, 0.5) is 5.95 Å². The van der Waals surface area contributed by atoms with Gasteiger partial charge in [-0.1, -0.05) is 12.1 Å². The van der Waals surface area contributed by atoms with Gasteiger partial charge in [-0.3, -0.25) is 4.57 Å². The third-order valence-electron chi connectivity index (χ3n) is 4.34. The van der Waals surface area contributed by atoms with Crippen molar-refractivity contribution in [2.24, 2.45) is 0 Å². The molecule has 6 heteroatoms. The predicted octanol–water partition coefficient (Wildman–Crippen LogP) is 2.25. The van der Waals surface area contributed by atoms with Crippen LogP contribution in [0.5, 0.6) is 0 Å². The van der Waals surface area contributed by atoms with Gasteiger partial charge in [-0.15, -0.1) is 0 Å². The molecule has 6 nitrogen and oxygen atoms in total. The number of rotatable bonds is 2. The molecule has 3 aromatic rings. The number of hydrogen-bond donors (Lipinski definition) is 1. The van der Waals surface area contributed by atoms with Crippen molar-refractivity contribution in [3.05, 3.63) is 48.2 Å². The Morgan fingerprint density at radius 2 is 2.08 bits per heavy atom. The molecule has 1 N–H and O–H groups in total. The number of para-hydroxylation sites is 2. The number of β-amino-alcohol motifs (C(OH)–C–C–N with tert-alkyl or cyclic N) is 1.